The second-order valence-corrected chi connectivity index (χ2v) is 5.89. The van der Waals surface area contributed by atoms with E-state index >= 15 is 0 Å². The van der Waals surface area contributed by atoms with Crippen molar-refractivity contribution in [3.63, 3.8) is 0 Å². The van der Waals surface area contributed by atoms with Gasteiger partial charge in [-0.1, -0.05) is 29.8 Å². The number of carbonyl (C=O) groups is 1. The highest BCUT2D eigenvalue weighted by molar-refractivity contribution is 6.17. The fraction of sp³-hybridized carbons (Fsp3) is 0.0952. The van der Waals surface area contributed by atoms with E-state index in [1.165, 1.54) is 0 Å². The normalized spacial score (nSPS) is 10.1. The maximum atomic E-state index is 11.7. The van der Waals surface area contributed by atoms with Crippen LogP contribution in [0.15, 0.2) is 72.6 Å². The van der Waals surface area contributed by atoms with Crippen LogP contribution in [0.5, 0.6) is 23.3 Å². The molecule has 1 aromatic heterocycles. The lowest BCUT2D eigenvalue weighted by molar-refractivity contribution is -0.130. The number of aromatic nitrogens is 2. The predicted octanol–water partition coefficient (Wildman–Crippen LogP) is 4.94. The molecule has 6 heteroatoms. The second kappa shape index (κ2) is 8.14. The molecule has 0 fully saturated rings. The standard InChI is InChI=1S/C21H18N2O4/c1-14(2)19(20(24)25)17-9-3-4-10-18(17)26-15-7-5-8-16(13-15)27-21-22-11-6-12-23-21/h3-13H,1-2H3,(H,24,25). The van der Waals surface area contributed by atoms with Gasteiger partial charge in [0.25, 0.3) is 0 Å². The van der Waals surface area contributed by atoms with E-state index in [1.807, 2.05) is 0 Å². The zero-order valence-electron chi connectivity index (χ0n) is 14.9. The fourth-order valence-corrected chi connectivity index (χ4v) is 2.53. The molecule has 0 spiro atoms. The van der Waals surface area contributed by atoms with E-state index in [4.69, 9.17) is 9.47 Å². The summed E-state index contributed by atoms with van der Waals surface area (Å²) in [4.78, 5) is 19.7. The van der Waals surface area contributed by atoms with Crippen molar-refractivity contribution in [1.82, 2.24) is 9.97 Å². The minimum absolute atomic E-state index is 0.218. The molecule has 3 aromatic rings. The Balaban J connectivity index is 1.90. The Labute approximate surface area is 156 Å². The molecule has 0 atom stereocenters. The summed E-state index contributed by atoms with van der Waals surface area (Å²) in [5.74, 6) is 0.472. The Bertz CT molecular complexity index is 980. The summed E-state index contributed by atoms with van der Waals surface area (Å²) in [5, 5.41) is 9.55. The van der Waals surface area contributed by atoms with Crippen molar-refractivity contribution in [2.24, 2.45) is 0 Å². The molecule has 0 aliphatic rings. The molecule has 27 heavy (non-hydrogen) atoms. The van der Waals surface area contributed by atoms with E-state index in [9.17, 15) is 9.90 Å². The van der Waals surface area contributed by atoms with Crippen LogP contribution in [0, 0.1) is 0 Å². The number of hydrogen-bond donors (Lipinski definition) is 1. The number of carboxylic acid groups (broad SMARTS) is 1. The first-order valence-corrected chi connectivity index (χ1v) is 8.27. The number of benzene rings is 2. The minimum atomic E-state index is -0.996. The third-order valence-corrected chi connectivity index (χ3v) is 3.65. The fourth-order valence-electron chi connectivity index (χ4n) is 2.53. The van der Waals surface area contributed by atoms with Crippen LogP contribution in [-0.4, -0.2) is 21.0 Å². The summed E-state index contributed by atoms with van der Waals surface area (Å²) in [6.07, 6.45) is 3.18. The number of hydrogen-bond acceptors (Lipinski definition) is 5. The number of ether oxygens (including phenoxy) is 2. The molecule has 0 unspecified atom stereocenters. The largest absolute Gasteiger partial charge is 0.478 e. The number of nitrogens with zero attached hydrogens (tertiary/aromatic N) is 2. The van der Waals surface area contributed by atoms with Gasteiger partial charge in [0.1, 0.15) is 17.2 Å². The number of para-hydroxylation sites is 1. The first-order chi connectivity index (χ1) is 13.0. The van der Waals surface area contributed by atoms with Gasteiger partial charge >= 0.3 is 12.0 Å². The van der Waals surface area contributed by atoms with E-state index in [-0.39, 0.29) is 11.6 Å². The number of allylic oxidation sites excluding steroid dienone is 1. The van der Waals surface area contributed by atoms with E-state index in [1.54, 1.807) is 80.8 Å². The van der Waals surface area contributed by atoms with Crippen LogP contribution < -0.4 is 9.47 Å². The third kappa shape index (κ3) is 4.49. The van der Waals surface area contributed by atoms with Crippen LogP contribution in [0.25, 0.3) is 5.57 Å². The van der Waals surface area contributed by atoms with Crippen molar-refractivity contribution < 1.29 is 19.4 Å². The molecule has 6 nitrogen and oxygen atoms in total. The lowest BCUT2D eigenvalue weighted by Crippen LogP contribution is -2.03. The molecule has 1 heterocycles. The lowest BCUT2D eigenvalue weighted by atomic mass is 10.0. The number of aliphatic carboxylic acids is 1. The van der Waals surface area contributed by atoms with Gasteiger partial charge < -0.3 is 14.6 Å². The van der Waals surface area contributed by atoms with Gasteiger partial charge in [0.15, 0.2) is 0 Å². The first kappa shape index (κ1) is 18.1. The van der Waals surface area contributed by atoms with Crippen LogP contribution in [-0.2, 0) is 4.79 Å². The van der Waals surface area contributed by atoms with Crippen LogP contribution in [0.4, 0.5) is 0 Å². The van der Waals surface area contributed by atoms with Crippen LogP contribution in [0.2, 0.25) is 0 Å². The van der Waals surface area contributed by atoms with E-state index in [0.717, 1.165) is 0 Å². The summed E-state index contributed by atoms with van der Waals surface area (Å²) >= 11 is 0. The van der Waals surface area contributed by atoms with Gasteiger partial charge in [0.2, 0.25) is 0 Å². The average molecular weight is 362 g/mol. The maximum Gasteiger partial charge on any atom is 0.336 e. The molecule has 0 aliphatic heterocycles. The van der Waals surface area contributed by atoms with Crippen molar-refractivity contribution in [3.05, 3.63) is 78.1 Å². The highest BCUT2D eigenvalue weighted by Crippen LogP contribution is 2.33. The van der Waals surface area contributed by atoms with Crippen LogP contribution >= 0.6 is 0 Å². The van der Waals surface area contributed by atoms with Gasteiger partial charge in [-0.3, -0.25) is 0 Å². The van der Waals surface area contributed by atoms with Gasteiger partial charge in [-0.25, -0.2) is 14.8 Å². The quantitative estimate of drug-likeness (QED) is 0.626. The third-order valence-electron chi connectivity index (χ3n) is 3.65. The van der Waals surface area contributed by atoms with Gasteiger partial charge in [-0.15, -0.1) is 0 Å². The Kier molecular flexibility index (Phi) is 5.47. The summed E-state index contributed by atoms with van der Waals surface area (Å²) in [7, 11) is 0. The van der Waals surface area contributed by atoms with Crippen molar-refractivity contribution in [1.29, 1.82) is 0 Å². The summed E-state index contributed by atoms with van der Waals surface area (Å²) in [6.45, 7) is 3.52. The van der Waals surface area contributed by atoms with E-state index in [2.05, 4.69) is 9.97 Å². The highest BCUT2D eigenvalue weighted by Gasteiger charge is 2.17. The molecule has 0 radical (unpaired) electrons. The van der Waals surface area contributed by atoms with Crippen molar-refractivity contribution in [2.75, 3.05) is 0 Å². The molecule has 3 rings (SSSR count). The number of carboxylic acids is 1. The molecule has 0 saturated heterocycles. The second-order valence-electron chi connectivity index (χ2n) is 5.89. The molecule has 0 amide bonds. The molecule has 0 aliphatic carbocycles. The SMILES string of the molecule is CC(C)=C(C(=O)O)c1ccccc1Oc1cccc(Oc2ncccn2)c1. The van der Waals surface area contributed by atoms with Crippen LogP contribution in [0.1, 0.15) is 19.4 Å². The topological polar surface area (TPSA) is 81.5 Å². The van der Waals surface area contributed by atoms with Crippen molar-refractivity contribution in [3.8, 4) is 23.3 Å². The minimum Gasteiger partial charge on any atom is -0.478 e. The maximum absolute atomic E-state index is 11.7. The summed E-state index contributed by atoms with van der Waals surface area (Å²) in [6, 6.07) is 15.9. The molecule has 2 aromatic carbocycles. The first-order valence-electron chi connectivity index (χ1n) is 8.27. The highest BCUT2D eigenvalue weighted by atomic mass is 16.5. The summed E-state index contributed by atoms with van der Waals surface area (Å²) in [5.41, 5.74) is 1.43. The Morgan fingerprint density at radius 3 is 2.22 bits per heavy atom. The Morgan fingerprint density at radius 2 is 1.56 bits per heavy atom. The monoisotopic (exact) mass is 362 g/mol. The van der Waals surface area contributed by atoms with Crippen molar-refractivity contribution >= 4 is 11.5 Å². The van der Waals surface area contributed by atoms with Crippen LogP contribution in [0.3, 0.4) is 0 Å². The smallest absolute Gasteiger partial charge is 0.336 e. The van der Waals surface area contributed by atoms with Gasteiger partial charge in [-0.2, -0.15) is 0 Å². The molecular formula is C21H18N2O4. The molecule has 0 bridgehead atoms. The lowest BCUT2D eigenvalue weighted by Gasteiger charge is -2.13. The predicted molar refractivity (Wildman–Crippen MR) is 101 cm³/mol. The molecule has 0 saturated carbocycles. The molecule has 1 N–H and O–H groups in total. The van der Waals surface area contributed by atoms with Gasteiger partial charge in [0.05, 0.1) is 5.57 Å². The molecule has 136 valence electrons. The molecular weight excluding hydrogens is 344 g/mol. The summed E-state index contributed by atoms with van der Waals surface area (Å²) < 4.78 is 11.6. The average Bonchev–Trinajstić information content (AvgIpc) is 2.64. The van der Waals surface area contributed by atoms with E-state index < -0.39 is 5.97 Å². The van der Waals surface area contributed by atoms with Gasteiger partial charge in [-0.05, 0) is 38.1 Å². The zero-order chi connectivity index (χ0) is 19.2. The Morgan fingerprint density at radius 1 is 0.889 bits per heavy atom. The Hall–Kier alpha value is -3.67. The van der Waals surface area contributed by atoms with Gasteiger partial charge in [0, 0.05) is 24.0 Å². The van der Waals surface area contributed by atoms with E-state index in [0.29, 0.717) is 28.4 Å². The number of rotatable bonds is 6. The van der Waals surface area contributed by atoms with Crippen molar-refractivity contribution in [2.45, 2.75) is 13.8 Å². The zero-order valence-corrected chi connectivity index (χ0v) is 14.9.